The van der Waals surface area contributed by atoms with Crippen molar-refractivity contribution < 1.29 is 14.3 Å². The number of piperidine rings is 1. The van der Waals surface area contributed by atoms with Crippen molar-refractivity contribution in [3.8, 4) is 0 Å². The van der Waals surface area contributed by atoms with Gasteiger partial charge in [0.1, 0.15) is 0 Å². The van der Waals surface area contributed by atoms with E-state index in [1.165, 1.54) is 24.1 Å². The van der Waals surface area contributed by atoms with E-state index < -0.39 is 0 Å². The monoisotopic (exact) mass is 390 g/mol. The van der Waals surface area contributed by atoms with Gasteiger partial charge in [0, 0.05) is 47.8 Å². The first-order valence-electron chi connectivity index (χ1n) is 11.0. The number of allylic oxidation sites excluding steroid dienone is 2. The van der Waals surface area contributed by atoms with Gasteiger partial charge in [-0.05, 0) is 49.1 Å². The van der Waals surface area contributed by atoms with Gasteiger partial charge in [-0.15, -0.1) is 0 Å². The van der Waals surface area contributed by atoms with Crippen molar-refractivity contribution in [3.05, 3.63) is 41.6 Å². The second-order valence-electron chi connectivity index (χ2n) is 10.2. The van der Waals surface area contributed by atoms with E-state index in [2.05, 4.69) is 34.5 Å². The van der Waals surface area contributed by atoms with Crippen molar-refractivity contribution >= 4 is 17.4 Å². The van der Waals surface area contributed by atoms with Crippen LogP contribution in [0.5, 0.6) is 0 Å². The molecular formula is C24H26N2O3. The molecular weight excluding hydrogens is 364 g/mol. The normalized spacial score (nSPS) is 45.1. The van der Waals surface area contributed by atoms with Crippen molar-refractivity contribution in [2.45, 2.75) is 55.5 Å². The van der Waals surface area contributed by atoms with Crippen LogP contribution in [-0.4, -0.2) is 41.9 Å². The molecule has 1 aromatic rings. The summed E-state index contributed by atoms with van der Waals surface area (Å²) in [4.78, 5) is 28.1. The molecule has 5 heteroatoms. The molecule has 8 rings (SSSR count). The molecule has 2 saturated heterocycles. The lowest BCUT2D eigenvalue weighted by Gasteiger charge is -2.69. The first-order valence-corrected chi connectivity index (χ1v) is 11.0. The number of ether oxygens (including phenoxy) is 1. The Bertz CT molecular complexity index is 1020. The zero-order valence-electron chi connectivity index (χ0n) is 16.7. The topological polar surface area (TPSA) is 58.6 Å². The lowest BCUT2D eigenvalue weighted by molar-refractivity contribution is -0.171. The predicted octanol–water partition coefficient (Wildman–Crippen LogP) is 3.01. The van der Waals surface area contributed by atoms with E-state index in [1.807, 2.05) is 6.08 Å². The lowest BCUT2D eigenvalue weighted by Crippen LogP contribution is -2.77. The molecule has 3 heterocycles. The summed E-state index contributed by atoms with van der Waals surface area (Å²) in [6.07, 6.45) is 7.66. The third-order valence-corrected chi connectivity index (χ3v) is 9.53. The minimum atomic E-state index is -0.277. The van der Waals surface area contributed by atoms with Crippen LogP contribution in [0.25, 0.3) is 0 Å². The summed E-state index contributed by atoms with van der Waals surface area (Å²) in [7, 11) is 1.53. The highest BCUT2D eigenvalue weighted by atomic mass is 16.5. The van der Waals surface area contributed by atoms with Gasteiger partial charge in [0.25, 0.3) is 0 Å². The SMILES string of the molecule is COC(=O)[C@@H]1C[C@]23CC[C@@]14Nc1ccccc1[C@@]41CCN(C4=CC(=O)C[C@H]4C2)[C@@H]31. The van der Waals surface area contributed by atoms with Gasteiger partial charge in [-0.2, -0.15) is 0 Å². The summed E-state index contributed by atoms with van der Waals surface area (Å²) in [5.41, 5.74) is 3.58. The van der Waals surface area contributed by atoms with Gasteiger partial charge in [-0.3, -0.25) is 9.59 Å². The third kappa shape index (κ3) is 1.58. The third-order valence-electron chi connectivity index (χ3n) is 9.53. The van der Waals surface area contributed by atoms with Crippen LogP contribution < -0.4 is 5.32 Å². The summed E-state index contributed by atoms with van der Waals surface area (Å²) in [5.74, 6) is 0.416. The first-order chi connectivity index (χ1) is 14.0. The van der Waals surface area contributed by atoms with E-state index in [0.717, 1.165) is 38.6 Å². The fourth-order valence-electron chi connectivity index (χ4n) is 8.92. The first kappa shape index (κ1) is 16.5. The molecule has 3 spiro atoms. The molecule has 29 heavy (non-hydrogen) atoms. The zero-order chi connectivity index (χ0) is 19.6. The number of para-hydroxylation sites is 1. The van der Waals surface area contributed by atoms with E-state index in [0.29, 0.717) is 18.4 Å². The minimum absolute atomic E-state index is 0.0653. The summed E-state index contributed by atoms with van der Waals surface area (Å²) >= 11 is 0. The Morgan fingerprint density at radius 2 is 2.07 bits per heavy atom. The molecule has 5 nitrogen and oxygen atoms in total. The second kappa shape index (κ2) is 4.88. The Kier molecular flexibility index (Phi) is 2.77. The van der Waals surface area contributed by atoms with E-state index >= 15 is 0 Å². The van der Waals surface area contributed by atoms with Crippen LogP contribution in [0, 0.1) is 17.3 Å². The predicted molar refractivity (Wildman–Crippen MR) is 107 cm³/mol. The van der Waals surface area contributed by atoms with Crippen LogP contribution in [0.3, 0.4) is 0 Å². The molecule has 1 N–H and O–H groups in total. The molecule has 3 aliphatic heterocycles. The molecule has 7 aliphatic rings. The highest BCUT2D eigenvalue weighted by Gasteiger charge is 2.80. The molecule has 0 radical (unpaired) electrons. The highest BCUT2D eigenvalue weighted by Crippen LogP contribution is 2.75. The molecule has 3 saturated carbocycles. The molecule has 2 bridgehead atoms. The van der Waals surface area contributed by atoms with Gasteiger partial charge >= 0.3 is 5.97 Å². The second-order valence-corrected chi connectivity index (χ2v) is 10.2. The van der Waals surface area contributed by atoms with Crippen LogP contribution in [-0.2, 0) is 19.7 Å². The lowest BCUT2D eigenvalue weighted by atomic mass is 9.38. The number of hydrogen-bond donors (Lipinski definition) is 1. The molecule has 0 amide bonds. The number of esters is 1. The van der Waals surface area contributed by atoms with Crippen LogP contribution in [0.1, 0.15) is 44.1 Å². The zero-order valence-corrected chi connectivity index (χ0v) is 16.7. The van der Waals surface area contributed by atoms with Crippen molar-refractivity contribution in [1.82, 2.24) is 4.90 Å². The molecule has 0 unspecified atom stereocenters. The van der Waals surface area contributed by atoms with E-state index in [4.69, 9.17) is 4.74 Å². The van der Waals surface area contributed by atoms with Crippen molar-refractivity contribution in [2.75, 3.05) is 19.0 Å². The largest absolute Gasteiger partial charge is 0.469 e. The number of benzene rings is 1. The van der Waals surface area contributed by atoms with Crippen LogP contribution >= 0.6 is 0 Å². The standard InChI is InChI=1S/C24H26N2O3/c1-29-20(28)17-13-22-6-7-24(17)23(16-4-2-3-5-18(16)25-24)8-9-26(21(22)23)19-11-15(27)10-14(19)12-22/h2-5,11,14,17,21,25H,6-10,12-13H2,1H3/t14-,17-,21-,22-,23+,24+/m0/s1. The van der Waals surface area contributed by atoms with Crippen molar-refractivity contribution in [3.63, 3.8) is 0 Å². The number of rotatable bonds is 1. The summed E-state index contributed by atoms with van der Waals surface area (Å²) in [6, 6.07) is 9.06. The van der Waals surface area contributed by atoms with Gasteiger partial charge in [-0.25, -0.2) is 0 Å². The number of nitrogens with one attached hydrogen (secondary N) is 1. The van der Waals surface area contributed by atoms with E-state index in [1.54, 1.807) is 0 Å². The van der Waals surface area contributed by atoms with Gasteiger partial charge in [-0.1, -0.05) is 18.2 Å². The quantitative estimate of drug-likeness (QED) is 0.747. The molecule has 6 atom stereocenters. The number of fused-ring (bicyclic) bond motifs is 5. The Labute approximate surface area is 170 Å². The summed E-state index contributed by atoms with van der Waals surface area (Å²) in [6.45, 7) is 0.980. The molecule has 150 valence electrons. The smallest absolute Gasteiger partial charge is 0.311 e. The van der Waals surface area contributed by atoms with E-state index in [9.17, 15) is 9.59 Å². The highest BCUT2D eigenvalue weighted by molar-refractivity contribution is 5.93. The maximum Gasteiger partial charge on any atom is 0.311 e. The van der Waals surface area contributed by atoms with Gasteiger partial charge in [0.15, 0.2) is 5.78 Å². The number of carbonyl (C=O) groups is 2. The maximum atomic E-state index is 13.1. The van der Waals surface area contributed by atoms with Crippen molar-refractivity contribution in [1.29, 1.82) is 0 Å². The Balaban J connectivity index is 1.51. The maximum absolute atomic E-state index is 13.1. The number of ketones is 1. The van der Waals surface area contributed by atoms with Gasteiger partial charge < -0.3 is 15.0 Å². The van der Waals surface area contributed by atoms with Crippen LogP contribution in [0.4, 0.5) is 5.69 Å². The fourth-order valence-corrected chi connectivity index (χ4v) is 8.92. The van der Waals surface area contributed by atoms with Crippen LogP contribution in [0.2, 0.25) is 0 Å². The van der Waals surface area contributed by atoms with Gasteiger partial charge in [0.2, 0.25) is 0 Å². The Morgan fingerprint density at radius 3 is 2.93 bits per heavy atom. The number of carbonyl (C=O) groups excluding carboxylic acids is 2. The van der Waals surface area contributed by atoms with Gasteiger partial charge in [0.05, 0.1) is 18.6 Å². The fraction of sp³-hybridized carbons (Fsp3) is 0.583. The Hall–Kier alpha value is -2.30. The van der Waals surface area contributed by atoms with Crippen molar-refractivity contribution in [2.24, 2.45) is 17.3 Å². The van der Waals surface area contributed by atoms with E-state index in [-0.39, 0.29) is 34.0 Å². The van der Waals surface area contributed by atoms with Crippen LogP contribution in [0.15, 0.2) is 36.0 Å². The molecule has 5 fully saturated rings. The number of methoxy groups -OCH3 is 1. The number of anilines is 1. The summed E-state index contributed by atoms with van der Waals surface area (Å²) in [5, 5.41) is 3.91. The minimum Gasteiger partial charge on any atom is -0.469 e. The number of nitrogens with zero attached hydrogens (tertiary/aromatic N) is 1. The average molecular weight is 390 g/mol. The number of hydrogen-bond acceptors (Lipinski definition) is 5. The average Bonchev–Trinajstić information content (AvgIpc) is 3.39. The molecule has 0 aromatic heterocycles. The molecule has 4 aliphatic carbocycles. The molecule has 1 aromatic carbocycles. The Morgan fingerprint density at radius 1 is 1.21 bits per heavy atom. The summed E-state index contributed by atoms with van der Waals surface area (Å²) < 4.78 is 5.37.